The van der Waals surface area contributed by atoms with E-state index in [1.54, 1.807) is 11.3 Å². The van der Waals surface area contributed by atoms with E-state index in [2.05, 4.69) is 18.3 Å². The minimum Gasteiger partial charge on any atom is -0.348 e. The third kappa shape index (κ3) is 5.33. The van der Waals surface area contributed by atoms with E-state index >= 15 is 0 Å². The van der Waals surface area contributed by atoms with Crippen molar-refractivity contribution in [1.29, 1.82) is 0 Å². The summed E-state index contributed by atoms with van der Waals surface area (Å²) in [5.41, 5.74) is 5.65. The first kappa shape index (κ1) is 14.2. The summed E-state index contributed by atoms with van der Waals surface area (Å²) in [4.78, 5) is 13.0. The van der Waals surface area contributed by atoms with Gasteiger partial charge < -0.3 is 11.1 Å². The maximum atomic E-state index is 11.8. The minimum absolute atomic E-state index is 0.0899. The van der Waals surface area contributed by atoms with Crippen LogP contribution in [0.5, 0.6) is 0 Å². The smallest absolute Gasteiger partial charge is 0.220 e. The number of carbonyl (C=O) groups excluding carboxylic acids is 1. The molecule has 1 aromatic rings. The Balaban J connectivity index is 2.47. The summed E-state index contributed by atoms with van der Waals surface area (Å²) >= 11 is 1.70. The van der Waals surface area contributed by atoms with Crippen LogP contribution in [-0.2, 0) is 4.79 Å². The molecule has 3 N–H and O–H groups in total. The maximum absolute atomic E-state index is 11.8. The maximum Gasteiger partial charge on any atom is 0.220 e. The van der Waals surface area contributed by atoms with Crippen LogP contribution in [0.3, 0.4) is 0 Å². The van der Waals surface area contributed by atoms with Crippen molar-refractivity contribution in [2.24, 2.45) is 5.73 Å². The molecule has 2 unspecified atom stereocenters. The molecule has 0 radical (unpaired) electrons. The Morgan fingerprint density at radius 3 is 2.82 bits per heavy atom. The fraction of sp³-hybridized carbons (Fsp3) is 0.615. The molecule has 1 amide bonds. The molecular weight excluding hydrogens is 232 g/mol. The number of nitrogens with one attached hydrogen (secondary N) is 1. The van der Waals surface area contributed by atoms with Gasteiger partial charge in [-0.3, -0.25) is 4.79 Å². The SMILES string of the molecule is CCCC(NC(=O)CCC(C)N)c1cccs1. The quantitative estimate of drug-likeness (QED) is 0.786. The molecule has 0 aromatic carbocycles. The van der Waals surface area contributed by atoms with Gasteiger partial charge in [-0.05, 0) is 31.2 Å². The Morgan fingerprint density at radius 1 is 1.53 bits per heavy atom. The number of amides is 1. The van der Waals surface area contributed by atoms with Crippen LogP contribution >= 0.6 is 11.3 Å². The van der Waals surface area contributed by atoms with Gasteiger partial charge in [-0.2, -0.15) is 0 Å². The van der Waals surface area contributed by atoms with Gasteiger partial charge in [-0.25, -0.2) is 0 Å². The number of hydrogen-bond donors (Lipinski definition) is 2. The molecule has 4 heteroatoms. The van der Waals surface area contributed by atoms with Crippen molar-refractivity contribution >= 4 is 17.2 Å². The van der Waals surface area contributed by atoms with Crippen LogP contribution < -0.4 is 11.1 Å². The molecule has 0 fully saturated rings. The van der Waals surface area contributed by atoms with Gasteiger partial charge in [0.25, 0.3) is 0 Å². The van der Waals surface area contributed by atoms with Crippen LogP contribution in [-0.4, -0.2) is 11.9 Å². The minimum atomic E-state index is 0.0899. The predicted octanol–water partition coefficient (Wildman–Crippen LogP) is 2.83. The normalized spacial score (nSPS) is 14.3. The predicted molar refractivity (Wildman–Crippen MR) is 73.0 cm³/mol. The number of thiophene rings is 1. The van der Waals surface area contributed by atoms with Crippen LogP contribution in [0.4, 0.5) is 0 Å². The second-order valence-corrected chi connectivity index (χ2v) is 5.42. The van der Waals surface area contributed by atoms with Crippen LogP contribution in [0.15, 0.2) is 17.5 Å². The third-order valence-electron chi connectivity index (χ3n) is 2.63. The zero-order valence-electron chi connectivity index (χ0n) is 10.6. The lowest BCUT2D eigenvalue weighted by Gasteiger charge is -2.17. The number of carbonyl (C=O) groups is 1. The zero-order chi connectivity index (χ0) is 12.7. The van der Waals surface area contributed by atoms with E-state index < -0.39 is 0 Å². The summed E-state index contributed by atoms with van der Waals surface area (Å²) < 4.78 is 0. The summed E-state index contributed by atoms with van der Waals surface area (Å²) in [5.74, 6) is 0.106. The highest BCUT2D eigenvalue weighted by molar-refractivity contribution is 7.10. The average molecular weight is 254 g/mol. The Morgan fingerprint density at radius 2 is 2.29 bits per heavy atom. The van der Waals surface area contributed by atoms with Gasteiger partial charge >= 0.3 is 0 Å². The van der Waals surface area contributed by atoms with Gasteiger partial charge in [0, 0.05) is 17.3 Å². The van der Waals surface area contributed by atoms with Crippen molar-refractivity contribution in [1.82, 2.24) is 5.32 Å². The molecule has 0 saturated heterocycles. The van der Waals surface area contributed by atoms with Gasteiger partial charge in [-0.1, -0.05) is 19.4 Å². The standard InChI is InChI=1S/C13H22N2OS/c1-3-5-11(12-6-4-9-17-12)15-13(16)8-7-10(2)14/h4,6,9-11H,3,5,7-8,14H2,1-2H3,(H,15,16). The van der Waals surface area contributed by atoms with Crippen LogP contribution in [0.1, 0.15) is 50.4 Å². The van der Waals surface area contributed by atoms with E-state index in [0.29, 0.717) is 6.42 Å². The Hall–Kier alpha value is -0.870. The van der Waals surface area contributed by atoms with E-state index in [-0.39, 0.29) is 18.0 Å². The Bertz CT molecular complexity index is 322. The van der Waals surface area contributed by atoms with E-state index in [1.807, 2.05) is 18.4 Å². The van der Waals surface area contributed by atoms with Gasteiger partial charge in [-0.15, -0.1) is 11.3 Å². The highest BCUT2D eigenvalue weighted by Crippen LogP contribution is 2.23. The molecule has 0 saturated carbocycles. The average Bonchev–Trinajstić information content (AvgIpc) is 2.79. The third-order valence-corrected chi connectivity index (χ3v) is 3.61. The van der Waals surface area contributed by atoms with Gasteiger partial charge in [0.1, 0.15) is 0 Å². The van der Waals surface area contributed by atoms with Crippen molar-refractivity contribution in [3.05, 3.63) is 22.4 Å². The van der Waals surface area contributed by atoms with Crippen LogP contribution in [0, 0.1) is 0 Å². The van der Waals surface area contributed by atoms with Crippen molar-refractivity contribution in [2.75, 3.05) is 0 Å². The molecule has 0 aliphatic carbocycles. The molecule has 3 nitrogen and oxygen atoms in total. The van der Waals surface area contributed by atoms with Crippen molar-refractivity contribution in [3.63, 3.8) is 0 Å². The lowest BCUT2D eigenvalue weighted by atomic mass is 10.1. The monoisotopic (exact) mass is 254 g/mol. The van der Waals surface area contributed by atoms with E-state index in [1.165, 1.54) is 4.88 Å². The summed E-state index contributed by atoms with van der Waals surface area (Å²) in [6.45, 7) is 4.06. The number of hydrogen-bond acceptors (Lipinski definition) is 3. The fourth-order valence-electron chi connectivity index (χ4n) is 1.69. The lowest BCUT2D eigenvalue weighted by Crippen LogP contribution is -2.29. The van der Waals surface area contributed by atoms with Gasteiger partial charge in [0.15, 0.2) is 0 Å². The first-order valence-electron chi connectivity index (χ1n) is 6.21. The molecule has 0 spiro atoms. The lowest BCUT2D eigenvalue weighted by molar-refractivity contribution is -0.122. The molecule has 0 aliphatic heterocycles. The van der Waals surface area contributed by atoms with E-state index in [9.17, 15) is 4.79 Å². The molecule has 0 bridgehead atoms. The topological polar surface area (TPSA) is 55.1 Å². The fourth-order valence-corrected chi connectivity index (χ4v) is 2.50. The summed E-state index contributed by atoms with van der Waals surface area (Å²) in [6, 6.07) is 4.36. The summed E-state index contributed by atoms with van der Waals surface area (Å²) in [5, 5.41) is 5.14. The molecule has 2 atom stereocenters. The van der Waals surface area contributed by atoms with Crippen LogP contribution in [0.25, 0.3) is 0 Å². The van der Waals surface area contributed by atoms with Crippen molar-refractivity contribution < 1.29 is 4.79 Å². The Labute approximate surface area is 107 Å². The van der Waals surface area contributed by atoms with Crippen molar-refractivity contribution in [3.8, 4) is 0 Å². The molecule has 1 heterocycles. The van der Waals surface area contributed by atoms with Gasteiger partial charge in [0.05, 0.1) is 6.04 Å². The second kappa shape index (κ2) is 7.45. The molecule has 96 valence electrons. The molecular formula is C13H22N2OS. The number of rotatable bonds is 7. The first-order valence-corrected chi connectivity index (χ1v) is 7.09. The summed E-state index contributed by atoms with van der Waals surface area (Å²) in [6.07, 6.45) is 3.32. The van der Waals surface area contributed by atoms with Crippen molar-refractivity contribution in [2.45, 2.75) is 51.6 Å². The highest BCUT2D eigenvalue weighted by atomic mass is 32.1. The first-order chi connectivity index (χ1) is 8.13. The van der Waals surface area contributed by atoms with E-state index in [4.69, 9.17) is 5.73 Å². The zero-order valence-corrected chi connectivity index (χ0v) is 11.4. The van der Waals surface area contributed by atoms with Gasteiger partial charge in [0.2, 0.25) is 5.91 Å². The highest BCUT2D eigenvalue weighted by Gasteiger charge is 2.14. The Kier molecular flexibility index (Phi) is 6.22. The molecule has 17 heavy (non-hydrogen) atoms. The second-order valence-electron chi connectivity index (χ2n) is 4.44. The van der Waals surface area contributed by atoms with E-state index in [0.717, 1.165) is 19.3 Å². The molecule has 1 aromatic heterocycles. The molecule has 1 rings (SSSR count). The summed E-state index contributed by atoms with van der Waals surface area (Å²) in [7, 11) is 0. The van der Waals surface area contributed by atoms with Crippen LogP contribution in [0.2, 0.25) is 0 Å². The largest absolute Gasteiger partial charge is 0.348 e. The number of nitrogens with two attached hydrogens (primary N) is 1. The molecule has 0 aliphatic rings.